The molecule has 2 atom stereocenters. The highest BCUT2D eigenvalue weighted by Crippen LogP contribution is 2.68. The molecular formula is C10H14P. The van der Waals surface area contributed by atoms with E-state index in [1.165, 1.54) is 6.42 Å². The van der Waals surface area contributed by atoms with Gasteiger partial charge in [-0.25, -0.2) is 0 Å². The van der Waals surface area contributed by atoms with Crippen LogP contribution in [0.2, 0.25) is 0 Å². The molecule has 0 amide bonds. The zero-order chi connectivity index (χ0) is 7.84. The van der Waals surface area contributed by atoms with Gasteiger partial charge in [-0.1, -0.05) is 21.8 Å². The van der Waals surface area contributed by atoms with Gasteiger partial charge in [0.2, 0.25) is 0 Å². The Morgan fingerprint density at radius 2 is 1.73 bits per heavy atom. The Kier molecular flexibility index (Phi) is 2.23. The fourth-order valence-electron chi connectivity index (χ4n) is 2.06. The Morgan fingerprint density at radius 1 is 1.18 bits per heavy atom. The summed E-state index contributed by atoms with van der Waals surface area (Å²) >= 11 is 0. The van der Waals surface area contributed by atoms with Crippen LogP contribution >= 0.6 is 7.92 Å². The average Bonchev–Trinajstić information content (AvgIpc) is 2.39. The molecule has 59 valence electrons. The van der Waals surface area contributed by atoms with Gasteiger partial charge >= 0.3 is 0 Å². The van der Waals surface area contributed by atoms with E-state index in [1.807, 2.05) is 0 Å². The number of hydrogen-bond donors (Lipinski definition) is 0. The van der Waals surface area contributed by atoms with Crippen LogP contribution in [0.25, 0.3) is 0 Å². The minimum atomic E-state index is 0.222. The molecule has 1 aliphatic carbocycles. The molecule has 1 heterocycles. The smallest absolute Gasteiger partial charge is 0.00801 e. The normalized spacial score (nSPS) is 40.9. The van der Waals surface area contributed by atoms with Gasteiger partial charge in [-0.05, 0) is 43.4 Å². The second-order valence-corrected chi connectivity index (χ2v) is 6.58. The molecule has 1 saturated carbocycles. The highest BCUT2D eigenvalue weighted by atomic mass is 31.1. The van der Waals surface area contributed by atoms with Crippen LogP contribution in [0.1, 0.15) is 20.3 Å². The van der Waals surface area contributed by atoms with Crippen molar-refractivity contribution in [3.63, 3.8) is 0 Å². The maximum atomic E-state index is 2.39. The Bertz CT molecular complexity index is 130. The van der Waals surface area contributed by atoms with E-state index in [0.29, 0.717) is 0 Å². The quantitative estimate of drug-likeness (QED) is 0.524. The summed E-state index contributed by atoms with van der Waals surface area (Å²) < 4.78 is 0. The summed E-state index contributed by atoms with van der Waals surface area (Å²) in [5.74, 6) is 0. The predicted octanol–water partition coefficient (Wildman–Crippen LogP) is 3.01. The number of hydrogen-bond acceptors (Lipinski definition) is 0. The molecule has 11 heavy (non-hydrogen) atoms. The van der Waals surface area contributed by atoms with Gasteiger partial charge in [-0.2, -0.15) is 0 Å². The van der Waals surface area contributed by atoms with Crippen molar-refractivity contribution in [2.45, 2.75) is 31.6 Å². The Labute approximate surface area is 71.5 Å². The van der Waals surface area contributed by atoms with Crippen LogP contribution in [-0.2, 0) is 0 Å². The van der Waals surface area contributed by atoms with Gasteiger partial charge in [-0.15, -0.1) is 0 Å². The molecule has 0 N–H and O–H groups in total. The topological polar surface area (TPSA) is 0 Å². The van der Waals surface area contributed by atoms with Gasteiger partial charge in [0.15, 0.2) is 0 Å². The molecule has 1 saturated heterocycles. The van der Waals surface area contributed by atoms with Crippen molar-refractivity contribution in [2.75, 3.05) is 0 Å². The van der Waals surface area contributed by atoms with Crippen molar-refractivity contribution in [3.05, 3.63) is 31.3 Å². The van der Waals surface area contributed by atoms with E-state index in [1.54, 1.807) is 5.66 Å². The maximum absolute atomic E-state index is 2.39. The molecule has 0 aromatic rings. The fraction of sp³-hybridized carbons (Fsp3) is 0.500. The highest BCUT2D eigenvalue weighted by Gasteiger charge is 2.40. The van der Waals surface area contributed by atoms with Gasteiger partial charge in [0.25, 0.3) is 0 Å². The van der Waals surface area contributed by atoms with Gasteiger partial charge < -0.3 is 0 Å². The van der Waals surface area contributed by atoms with Crippen molar-refractivity contribution in [2.24, 2.45) is 0 Å². The molecule has 0 aromatic heterocycles. The molecule has 0 unspecified atom stereocenters. The lowest BCUT2D eigenvalue weighted by Gasteiger charge is -2.45. The molecule has 2 fully saturated rings. The maximum Gasteiger partial charge on any atom is 0.00801 e. The summed E-state index contributed by atoms with van der Waals surface area (Å²) in [7, 11) is 0.222. The third-order valence-corrected chi connectivity index (χ3v) is 5.79. The second-order valence-electron chi connectivity index (χ2n) is 3.48. The van der Waals surface area contributed by atoms with E-state index < -0.39 is 0 Å². The van der Waals surface area contributed by atoms with Crippen LogP contribution in [-0.4, -0.2) is 11.3 Å². The minimum absolute atomic E-state index is 0.222. The molecule has 1 aliphatic heterocycles. The molecule has 0 bridgehead atoms. The van der Waals surface area contributed by atoms with Crippen molar-refractivity contribution < 1.29 is 0 Å². The third kappa shape index (κ3) is 1.35. The van der Waals surface area contributed by atoms with Gasteiger partial charge in [-0.3, -0.25) is 0 Å². The van der Waals surface area contributed by atoms with Crippen molar-refractivity contribution >= 4 is 7.92 Å². The second kappa shape index (κ2) is 3.05. The summed E-state index contributed by atoms with van der Waals surface area (Å²) in [5.41, 5.74) is 3.57. The highest BCUT2D eigenvalue weighted by molar-refractivity contribution is 7.64. The van der Waals surface area contributed by atoms with Crippen LogP contribution in [0.3, 0.4) is 0 Å². The molecule has 0 spiro atoms. The Morgan fingerprint density at radius 3 is 2.18 bits per heavy atom. The molecule has 0 aromatic carbocycles. The first-order valence-corrected chi connectivity index (χ1v) is 5.77. The van der Waals surface area contributed by atoms with Crippen LogP contribution in [0.4, 0.5) is 0 Å². The first-order valence-electron chi connectivity index (χ1n) is 4.29. The van der Waals surface area contributed by atoms with Gasteiger partial charge in [0, 0.05) is 5.66 Å². The first kappa shape index (κ1) is 8.05. The van der Waals surface area contributed by atoms with Gasteiger partial charge in [0.05, 0.1) is 0 Å². The van der Waals surface area contributed by atoms with E-state index in [0.717, 1.165) is 11.3 Å². The molecule has 0 nitrogen and oxygen atoms in total. The largest absolute Gasteiger partial charge is 0.0929 e. The summed E-state index contributed by atoms with van der Waals surface area (Å²) in [6.45, 7) is 4.78. The van der Waals surface area contributed by atoms with Crippen LogP contribution in [0, 0.1) is 31.3 Å². The first-order chi connectivity index (χ1) is 5.29. The van der Waals surface area contributed by atoms with E-state index in [2.05, 4.69) is 39.5 Å². The third-order valence-electron chi connectivity index (χ3n) is 2.58. The van der Waals surface area contributed by atoms with E-state index in [9.17, 15) is 0 Å². The lowest BCUT2D eigenvalue weighted by Crippen LogP contribution is -2.27. The van der Waals surface area contributed by atoms with E-state index >= 15 is 0 Å². The molecule has 1 heteroatoms. The molecular weight excluding hydrogens is 151 g/mol. The summed E-state index contributed by atoms with van der Waals surface area (Å²) in [4.78, 5) is 0. The number of rotatable bonds is 1. The van der Waals surface area contributed by atoms with Crippen LogP contribution < -0.4 is 0 Å². The predicted molar refractivity (Wildman–Crippen MR) is 50.9 cm³/mol. The zero-order valence-corrected chi connectivity index (χ0v) is 8.01. The van der Waals surface area contributed by atoms with Gasteiger partial charge in [0.1, 0.15) is 0 Å². The fourth-order valence-corrected chi connectivity index (χ4v) is 5.16. The zero-order valence-electron chi connectivity index (χ0n) is 7.12. The van der Waals surface area contributed by atoms with E-state index in [4.69, 9.17) is 0 Å². The van der Waals surface area contributed by atoms with Crippen molar-refractivity contribution in [1.82, 2.24) is 0 Å². The Hall–Kier alpha value is 0.430. The minimum Gasteiger partial charge on any atom is -0.0929 e. The van der Waals surface area contributed by atoms with E-state index in [-0.39, 0.29) is 7.92 Å². The van der Waals surface area contributed by atoms with Crippen molar-refractivity contribution in [1.29, 1.82) is 0 Å². The summed E-state index contributed by atoms with van der Waals surface area (Å²) in [6.07, 6.45) is 10.3. The molecule has 2 aliphatic rings. The van der Waals surface area contributed by atoms with Crippen molar-refractivity contribution in [3.8, 4) is 0 Å². The summed E-state index contributed by atoms with van der Waals surface area (Å²) in [6, 6.07) is 0. The van der Waals surface area contributed by atoms with Crippen LogP contribution in [0.15, 0.2) is 0 Å². The lowest BCUT2D eigenvalue weighted by atomic mass is 10.2. The van der Waals surface area contributed by atoms with Crippen LogP contribution in [0.5, 0.6) is 0 Å². The Balaban J connectivity index is 1.92. The average molecular weight is 165 g/mol. The SMILES string of the molecule is C[C@@H]1C[C@@H](C)P1[C]1[CH][CH][CH][CH]1. The monoisotopic (exact) mass is 165 g/mol. The lowest BCUT2D eigenvalue weighted by molar-refractivity contribution is 0.707. The molecule has 2 rings (SSSR count). The molecule has 5 radical (unpaired) electrons. The standard InChI is InChI=1S/C10H14P/c1-8-7-9(2)11(8)10-5-3-4-6-10/h3-6,8-9H,7H2,1-2H3/t8-,9-/m1/s1. The summed E-state index contributed by atoms with van der Waals surface area (Å²) in [5, 5.41) is 0.